The molecule has 1 atom stereocenters. The molecule has 2 rings (SSSR count). The summed E-state index contributed by atoms with van der Waals surface area (Å²) in [5.74, 6) is -0.558. The number of halogens is 1. The van der Waals surface area contributed by atoms with E-state index in [1.54, 1.807) is 24.3 Å². The molecule has 0 aliphatic rings. The van der Waals surface area contributed by atoms with E-state index in [9.17, 15) is 9.18 Å². The summed E-state index contributed by atoms with van der Waals surface area (Å²) in [4.78, 5) is 11.0. The molecule has 0 spiro atoms. The predicted octanol–water partition coefficient (Wildman–Crippen LogP) is 2.22. The minimum absolute atomic E-state index is 0.0998. The molecule has 2 aromatic carbocycles. The summed E-state index contributed by atoms with van der Waals surface area (Å²) in [5, 5.41) is 0.728. The second-order valence-electron chi connectivity index (χ2n) is 3.68. The van der Waals surface area contributed by atoms with Gasteiger partial charge in [-0.2, -0.15) is 0 Å². The molecule has 0 aliphatic carbocycles. The van der Waals surface area contributed by atoms with Gasteiger partial charge in [-0.15, -0.1) is 9.24 Å². The Morgan fingerprint density at radius 3 is 2.67 bits per heavy atom. The van der Waals surface area contributed by atoms with E-state index in [0.29, 0.717) is 11.3 Å². The lowest BCUT2D eigenvalue weighted by atomic mass is 10.2. The molecule has 1 amide bonds. The third-order valence-electron chi connectivity index (χ3n) is 2.30. The molecule has 18 heavy (non-hydrogen) atoms. The maximum atomic E-state index is 13.6. The number of hydrogen-bond donors (Lipinski definition) is 1. The van der Waals surface area contributed by atoms with Gasteiger partial charge in [-0.25, -0.2) is 4.39 Å². The molecule has 0 fully saturated rings. The summed E-state index contributed by atoms with van der Waals surface area (Å²) in [6.07, 6.45) is 0. The maximum absolute atomic E-state index is 13.6. The summed E-state index contributed by atoms with van der Waals surface area (Å²) in [7, 11) is 2.40. The van der Waals surface area contributed by atoms with Gasteiger partial charge in [0.05, 0.1) is 0 Å². The molecule has 5 heteroatoms. The van der Waals surface area contributed by atoms with Crippen LogP contribution in [0.25, 0.3) is 0 Å². The van der Waals surface area contributed by atoms with Gasteiger partial charge < -0.3 is 10.5 Å². The lowest BCUT2D eigenvalue weighted by Crippen LogP contribution is -2.10. The number of carbonyl (C=O) groups excluding carboxylic acids is 1. The van der Waals surface area contributed by atoms with E-state index < -0.39 is 11.7 Å². The van der Waals surface area contributed by atoms with E-state index in [1.807, 2.05) is 0 Å². The van der Waals surface area contributed by atoms with E-state index >= 15 is 0 Å². The van der Waals surface area contributed by atoms with Gasteiger partial charge >= 0.3 is 0 Å². The minimum atomic E-state index is -0.554. The number of ether oxygens (including phenoxy) is 1. The van der Waals surface area contributed by atoms with Crippen molar-refractivity contribution >= 4 is 20.5 Å². The van der Waals surface area contributed by atoms with Crippen LogP contribution in [-0.2, 0) is 0 Å². The van der Waals surface area contributed by atoms with Gasteiger partial charge in [0.15, 0.2) is 11.6 Å². The zero-order chi connectivity index (χ0) is 13.1. The van der Waals surface area contributed by atoms with Gasteiger partial charge in [-0.3, -0.25) is 4.79 Å². The predicted molar refractivity (Wildman–Crippen MR) is 70.8 cm³/mol. The first-order chi connectivity index (χ1) is 8.56. The van der Waals surface area contributed by atoms with Crippen molar-refractivity contribution in [3.05, 3.63) is 53.8 Å². The Labute approximate surface area is 106 Å². The van der Waals surface area contributed by atoms with Crippen molar-refractivity contribution < 1.29 is 13.9 Å². The summed E-state index contributed by atoms with van der Waals surface area (Å²) in [5.41, 5.74) is 5.47. The third-order valence-corrected chi connectivity index (χ3v) is 2.66. The van der Waals surface area contributed by atoms with Crippen LogP contribution in [0, 0.1) is 5.82 Å². The highest BCUT2D eigenvalue weighted by Crippen LogP contribution is 2.24. The van der Waals surface area contributed by atoms with Gasteiger partial charge in [0.25, 0.3) is 0 Å². The topological polar surface area (TPSA) is 52.3 Å². The van der Waals surface area contributed by atoms with Gasteiger partial charge in [0.1, 0.15) is 5.75 Å². The lowest BCUT2D eigenvalue weighted by molar-refractivity contribution is 0.1000. The Morgan fingerprint density at radius 2 is 2.00 bits per heavy atom. The minimum Gasteiger partial charge on any atom is -0.454 e. The molecular weight excluding hydrogens is 252 g/mol. The number of benzene rings is 2. The Morgan fingerprint density at radius 1 is 1.22 bits per heavy atom. The second kappa shape index (κ2) is 5.15. The number of hydrogen-bond acceptors (Lipinski definition) is 2. The van der Waals surface area contributed by atoms with E-state index in [2.05, 4.69) is 9.24 Å². The number of nitrogens with two attached hydrogens (primary N) is 1. The quantitative estimate of drug-likeness (QED) is 0.863. The second-order valence-corrected chi connectivity index (χ2v) is 4.35. The summed E-state index contributed by atoms with van der Waals surface area (Å²) >= 11 is 0. The maximum Gasteiger partial charge on any atom is 0.248 e. The number of carbonyl (C=O) groups is 1. The Kier molecular flexibility index (Phi) is 3.58. The van der Waals surface area contributed by atoms with Crippen LogP contribution in [0.1, 0.15) is 10.4 Å². The standard InChI is InChI=1S/C13H11FNO2P/c14-11-7-10(18)4-5-12(11)17-9-3-1-2-8(6-9)13(15)16/h1-7H,18H2,(H2,15,16). The van der Waals surface area contributed by atoms with Gasteiger partial charge in [0.2, 0.25) is 5.91 Å². The van der Waals surface area contributed by atoms with Crippen molar-refractivity contribution in [2.75, 3.05) is 0 Å². The lowest BCUT2D eigenvalue weighted by Gasteiger charge is -2.07. The molecule has 0 aromatic heterocycles. The fourth-order valence-electron chi connectivity index (χ4n) is 1.44. The Balaban J connectivity index is 2.28. The first kappa shape index (κ1) is 12.5. The number of primary amides is 1. The molecule has 0 heterocycles. The van der Waals surface area contributed by atoms with E-state index in [-0.39, 0.29) is 5.75 Å². The van der Waals surface area contributed by atoms with Crippen LogP contribution in [0.3, 0.4) is 0 Å². The molecular formula is C13H11FNO2P. The van der Waals surface area contributed by atoms with Gasteiger partial charge in [0, 0.05) is 5.56 Å². The highest BCUT2D eigenvalue weighted by atomic mass is 31.0. The fraction of sp³-hybridized carbons (Fsp3) is 0. The van der Waals surface area contributed by atoms with Crippen molar-refractivity contribution in [3.63, 3.8) is 0 Å². The van der Waals surface area contributed by atoms with Crippen molar-refractivity contribution in [1.29, 1.82) is 0 Å². The fourth-order valence-corrected chi connectivity index (χ4v) is 1.68. The monoisotopic (exact) mass is 263 g/mol. The summed E-state index contributed by atoms with van der Waals surface area (Å²) in [6.45, 7) is 0. The molecule has 0 saturated heterocycles. The van der Waals surface area contributed by atoms with Crippen LogP contribution >= 0.6 is 9.24 Å². The average Bonchev–Trinajstić information content (AvgIpc) is 2.33. The number of amides is 1. The summed E-state index contributed by atoms with van der Waals surface area (Å²) < 4.78 is 18.9. The van der Waals surface area contributed by atoms with Crippen molar-refractivity contribution in [2.24, 2.45) is 5.73 Å². The highest BCUT2D eigenvalue weighted by Gasteiger charge is 2.07. The van der Waals surface area contributed by atoms with Crippen molar-refractivity contribution in [2.45, 2.75) is 0 Å². The molecule has 3 nitrogen and oxygen atoms in total. The highest BCUT2D eigenvalue weighted by molar-refractivity contribution is 7.27. The van der Waals surface area contributed by atoms with E-state index in [0.717, 1.165) is 5.30 Å². The van der Waals surface area contributed by atoms with Crippen molar-refractivity contribution in [3.8, 4) is 11.5 Å². The van der Waals surface area contributed by atoms with Crippen LogP contribution < -0.4 is 15.8 Å². The zero-order valence-electron chi connectivity index (χ0n) is 9.39. The SMILES string of the molecule is NC(=O)c1cccc(Oc2ccc(P)cc2F)c1. The van der Waals surface area contributed by atoms with E-state index in [4.69, 9.17) is 10.5 Å². The molecule has 2 N–H and O–H groups in total. The molecule has 0 bridgehead atoms. The number of rotatable bonds is 3. The average molecular weight is 263 g/mol. The van der Waals surface area contributed by atoms with Gasteiger partial charge in [-0.1, -0.05) is 12.1 Å². The first-order valence-corrected chi connectivity index (χ1v) is 5.77. The van der Waals surface area contributed by atoms with Crippen LogP contribution in [0.4, 0.5) is 4.39 Å². The Hall–Kier alpha value is -1.93. The van der Waals surface area contributed by atoms with Crippen LogP contribution in [0.2, 0.25) is 0 Å². The molecule has 1 unspecified atom stereocenters. The van der Waals surface area contributed by atoms with Crippen LogP contribution in [0.15, 0.2) is 42.5 Å². The van der Waals surface area contributed by atoms with E-state index in [1.165, 1.54) is 18.2 Å². The molecule has 2 aromatic rings. The first-order valence-electron chi connectivity index (χ1n) is 5.19. The third kappa shape index (κ3) is 2.84. The normalized spacial score (nSPS) is 10.1. The summed E-state index contributed by atoms with van der Waals surface area (Å²) in [6, 6.07) is 10.9. The molecule has 0 aliphatic heterocycles. The van der Waals surface area contributed by atoms with Gasteiger partial charge in [-0.05, 0) is 35.6 Å². The van der Waals surface area contributed by atoms with Crippen LogP contribution in [-0.4, -0.2) is 5.91 Å². The molecule has 0 saturated carbocycles. The smallest absolute Gasteiger partial charge is 0.248 e. The Bertz CT molecular complexity index is 601. The largest absolute Gasteiger partial charge is 0.454 e. The zero-order valence-corrected chi connectivity index (χ0v) is 10.5. The molecule has 92 valence electrons. The van der Waals surface area contributed by atoms with Crippen molar-refractivity contribution in [1.82, 2.24) is 0 Å². The molecule has 0 radical (unpaired) electrons. The van der Waals surface area contributed by atoms with Crippen LogP contribution in [0.5, 0.6) is 11.5 Å².